The van der Waals surface area contributed by atoms with Gasteiger partial charge in [0.2, 0.25) is 5.89 Å². The van der Waals surface area contributed by atoms with Gasteiger partial charge in [-0.05, 0) is 38.8 Å². The van der Waals surface area contributed by atoms with E-state index in [0.29, 0.717) is 12.4 Å². The molecular weight excluding hydrogens is 447 g/mol. The van der Waals surface area contributed by atoms with Gasteiger partial charge in [0, 0.05) is 26.1 Å². The molecule has 1 unspecified atom stereocenters. The van der Waals surface area contributed by atoms with Crippen LogP contribution >= 0.6 is 24.0 Å². The molecule has 1 saturated heterocycles. The lowest BCUT2D eigenvalue weighted by Crippen LogP contribution is -2.41. The number of hydrogen-bond acceptors (Lipinski definition) is 5. The van der Waals surface area contributed by atoms with Crippen LogP contribution in [-0.4, -0.2) is 36.7 Å². The lowest BCUT2D eigenvalue weighted by Gasteiger charge is -2.15. The largest absolute Gasteiger partial charge is 0.469 e. The number of furan rings is 1. The number of rotatable bonds is 7. The maximum atomic E-state index is 5.66. The third-order valence-electron chi connectivity index (χ3n) is 4.21. The maximum absolute atomic E-state index is 5.66. The second kappa shape index (κ2) is 10.6. The molecule has 144 valence electrons. The molecule has 3 heterocycles. The Morgan fingerprint density at radius 1 is 1.35 bits per heavy atom. The number of aliphatic imine (C=N–C) groups is 1. The summed E-state index contributed by atoms with van der Waals surface area (Å²) in [6, 6.07) is 3.86. The van der Waals surface area contributed by atoms with Gasteiger partial charge in [0.15, 0.2) is 5.96 Å². The molecule has 1 atom stereocenters. The number of nitrogens with zero attached hydrogens (tertiary/aromatic N) is 2. The summed E-state index contributed by atoms with van der Waals surface area (Å²) in [5.41, 5.74) is 0.907. The van der Waals surface area contributed by atoms with Crippen molar-refractivity contribution >= 4 is 29.9 Å². The zero-order chi connectivity index (χ0) is 17.5. The molecule has 0 aromatic carbocycles. The smallest absolute Gasteiger partial charge is 0.216 e. The molecule has 7 nitrogen and oxygen atoms in total. The predicted octanol–water partition coefficient (Wildman–Crippen LogP) is 2.96. The first-order valence-corrected chi connectivity index (χ1v) is 8.80. The molecule has 2 N–H and O–H groups in total. The van der Waals surface area contributed by atoms with Crippen LogP contribution in [0.4, 0.5) is 0 Å². The number of aromatic nitrogens is 1. The molecule has 0 radical (unpaired) electrons. The van der Waals surface area contributed by atoms with Crippen molar-refractivity contribution in [1.29, 1.82) is 0 Å². The van der Waals surface area contributed by atoms with Crippen molar-refractivity contribution in [3.63, 3.8) is 0 Å². The number of hydrogen-bond donors (Lipinski definition) is 2. The highest BCUT2D eigenvalue weighted by Gasteiger charge is 2.15. The fourth-order valence-electron chi connectivity index (χ4n) is 2.70. The van der Waals surface area contributed by atoms with Crippen molar-refractivity contribution in [2.24, 2.45) is 4.99 Å². The number of aryl methyl sites for hydroxylation is 2. The highest BCUT2D eigenvalue weighted by atomic mass is 127. The van der Waals surface area contributed by atoms with E-state index in [1.165, 1.54) is 0 Å². The van der Waals surface area contributed by atoms with Crippen molar-refractivity contribution in [1.82, 2.24) is 15.6 Å². The summed E-state index contributed by atoms with van der Waals surface area (Å²) in [7, 11) is 0. The highest BCUT2D eigenvalue weighted by Crippen LogP contribution is 2.11. The second-order valence-corrected chi connectivity index (χ2v) is 6.19. The van der Waals surface area contributed by atoms with Crippen molar-refractivity contribution in [3.8, 4) is 0 Å². The summed E-state index contributed by atoms with van der Waals surface area (Å²) in [5, 5.41) is 6.67. The van der Waals surface area contributed by atoms with E-state index < -0.39 is 0 Å². The summed E-state index contributed by atoms with van der Waals surface area (Å²) in [6.45, 7) is 6.57. The van der Waals surface area contributed by atoms with Crippen molar-refractivity contribution in [2.75, 3.05) is 19.7 Å². The second-order valence-electron chi connectivity index (χ2n) is 6.19. The van der Waals surface area contributed by atoms with Crippen molar-refractivity contribution < 1.29 is 13.6 Å². The number of oxazole rings is 1. The lowest BCUT2D eigenvalue weighted by atomic mass is 10.2. The van der Waals surface area contributed by atoms with Crippen LogP contribution < -0.4 is 10.6 Å². The molecule has 26 heavy (non-hydrogen) atoms. The minimum absolute atomic E-state index is 0. The van der Waals surface area contributed by atoms with Gasteiger partial charge in [-0.25, -0.2) is 9.98 Å². The van der Waals surface area contributed by atoms with E-state index in [1.807, 2.05) is 26.0 Å². The van der Waals surface area contributed by atoms with E-state index in [9.17, 15) is 0 Å². The van der Waals surface area contributed by atoms with Crippen LogP contribution in [-0.2, 0) is 17.7 Å². The zero-order valence-corrected chi connectivity index (χ0v) is 17.6. The van der Waals surface area contributed by atoms with Gasteiger partial charge in [-0.2, -0.15) is 0 Å². The Morgan fingerprint density at radius 3 is 2.88 bits per heavy atom. The molecule has 2 aromatic rings. The van der Waals surface area contributed by atoms with Crippen molar-refractivity contribution in [3.05, 3.63) is 41.5 Å². The molecular formula is C18H27IN4O3. The number of ether oxygens (including phenoxy) is 1. The fraction of sp³-hybridized carbons (Fsp3) is 0.556. The Labute approximate surface area is 171 Å². The first-order valence-electron chi connectivity index (χ1n) is 8.80. The van der Waals surface area contributed by atoms with Gasteiger partial charge in [0.1, 0.15) is 18.1 Å². The van der Waals surface area contributed by atoms with Crippen LogP contribution in [0.1, 0.15) is 35.9 Å². The lowest BCUT2D eigenvalue weighted by molar-refractivity contribution is 0.114. The summed E-state index contributed by atoms with van der Waals surface area (Å²) in [6.07, 6.45) is 4.95. The Balaban J connectivity index is 0.00000243. The normalized spacial score (nSPS) is 17.2. The fourth-order valence-corrected chi connectivity index (χ4v) is 2.70. The van der Waals surface area contributed by atoms with E-state index in [4.69, 9.17) is 13.6 Å². The van der Waals surface area contributed by atoms with Crippen LogP contribution in [0, 0.1) is 13.8 Å². The van der Waals surface area contributed by atoms with Gasteiger partial charge in [-0.15, -0.1) is 24.0 Å². The minimum atomic E-state index is 0. The predicted molar refractivity (Wildman–Crippen MR) is 110 cm³/mol. The average molecular weight is 474 g/mol. The molecule has 1 aliphatic rings. The van der Waals surface area contributed by atoms with Crippen LogP contribution in [0.2, 0.25) is 0 Å². The SMILES string of the molecule is Cc1nc(CN=C(NCCc2ccco2)NCC2CCCO2)oc1C.I. The number of guanidine groups is 1. The molecule has 0 amide bonds. The standard InChI is InChI=1S/C18H26N4O3.HI/c1-13-14(2)25-17(22-13)12-21-18(20-11-16-6-4-10-24-16)19-8-7-15-5-3-9-23-15;/h3,5,9,16H,4,6-8,10-12H2,1-2H3,(H2,19,20,21);1H. The van der Waals surface area contributed by atoms with Crippen LogP contribution in [0.15, 0.2) is 32.2 Å². The zero-order valence-electron chi connectivity index (χ0n) is 15.3. The molecule has 0 spiro atoms. The Kier molecular flexibility index (Phi) is 8.43. The number of halogens is 1. The highest BCUT2D eigenvalue weighted by molar-refractivity contribution is 14.0. The topological polar surface area (TPSA) is 84.8 Å². The van der Waals surface area contributed by atoms with E-state index in [-0.39, 0.29) is 30.1 Å². The van der Waals surface area contributed by atoms with Gasteiger partial charge in [0.25, 0.3) is 0 Å². The molecule has 3 rings (SSSR count). The summed E-state index contributed by atoms with van der Waals surface area (Å²) >= 11 is 0. The minimum Gasteiger partial charge on any atom is -0.469 e. The number of nitrogens with one attached hydrogen (secondary N) is 2. The van der Waals surface area contributed by atoms with Crippen LogP contribution in [0.25, 0.3) is 0 Å². The van der Waals surface area contributed by atoms with Gasteiger partial charge in [-0.3, -0.25) is 0 Å². The first kappa shape index (κ1) is 20.8. The first-order chi connectivity index (χ1) is 12.2. The molecule has 0 bridgehead atoms. The van der Waals surface area contributed by atoms with Gasteiger partial charge >= 0.3 is 0 Å². The summed E-state index contributed by atoms with van der Waals surface area (Å²) < 4.78 is 16.6. The third-order valence-corrected chi connectivity index (χ3v) is 4.21. The summed E-state index contributed by atoms with van der Waals surface area (Å²) in [4.78, 5) is 8.95. The molecule has 1 fully saturated rings. The quantitative estimate of drug-likeness (QED) is 0.365. The monoisotopic (exact) mass is 474 g/mol. The summed E-state index contributed by atoms with van der Waals surface area (Å²) in [5.74, 6) is 3.14. The molecule has 0 aliphatic carbocycles. The third kappa shape index (κ3) is 6.31. The van der Waals surface area contributed by atoms with Crippen LogP contribution in [0.5, 0.6) is 0 Å². The van der Waals surface area contributed by atoms with Gasteiger partial charge in [-0.1, -0.05) is 0 Å². The van der Waals surface area contributed by atoms with E-state index in [1.54, 1.807) is 6.26 Å². The Morgan fingerprint density at radius 2 is 2.23 bits per heavy atom. The van der Waals surface area contributed by atoms with Gasteiger partial charge in [0.05, 0.1) is 18.1 Å². The average Bonchev–Trinajstić information content (AvgIpc) is 3.34. The Hall–Kier alpha value is -1.55. The molecule has 2 aromatic heterocycles. The van der Waals surface area contributed by atoms with Gasteiger partial charge < -0.3 is 24.2 Å². The van der Waals surface area contributed by atoms with Crippen molar-refractivity contribution in [2.45, 2.75) is 45.8 Å². The van der Waals surface area contributed by atoms with E-state index >= 15 is 0 Å². The molecule has 8 heteroatoms. The van der Waals surface area contributed by atoms with E-state index in [0.717, 1.165) is 62.1 Å². The van der Waals surface area contributed by atoms with E-state index in [2.05, 4.69) is 20.6 Å². The van der Waals surface area contributed by atoms with Crippen LogP contribution in [0.3, 0.4) is 0 Å². The molecule has 0 saturated carbocycles. The molecule has 1 aliphatic heterocycles. The maximum Gasteiger partial charge on any atom is 0.216 e. The Bertz CT molecular complexity index is 659.